The minimum absolute atomic E-state index is 0.286. The number of benzene rings is 3. The molecule has 0 aliphatic heterocycles. The molecule has 0 radical (unpaired) electrons. The second-order valence-electron chi connectivity index (χ2n) is 6.09. The van der Waals surface area contributed by atoms with E-state index in [1.54, 1.807) is 49.4 Å². The van der Waals surface area contributed by atoms with Gasteiger partial charge in [-0.25, -0.2) is 13.6 Å². The Kier molecular flexibility index (Phi) is 5.50. The molecule has 0 fully saturated rings. The van der Waals surface area contributed by atoms with Crippen molar-refractivity contribution in [2.45, 2.75) is 13.5 Å². The molecule has 0 atom stereocenters. The molecule has 3 aromatic carbocycles. The van der Waals surface area contributed by atoms with Crippen LogP contribution in [0, 0.1) is 18.6 Å². The number of hydrogen-bond acceptors (Lipinski definition) is 3. The van der Waals surface area contributed by atoms with Gasteiger partial charge in [0.1, 0.15) is 12.4 Å². The lowest BCUT2D eigenvalue weighted by Gasteiger charge is -2.10. The van der Waals surface area contributed by atoms with E-state index in [-0.39, 0.29) is 6.61 Å². The van der Waals surface area contributed by atoms with Crippen LogP contribution in [0.2, 0.25) is 0 Å². The Morgan fingerprint density at radius 2 is 1.67 bits per heavy atom. The third kappa shape index (κ3) is 4.31. The van der Waals surface area contributed by atoms with Gasteiger partial charge in [-0.15, -0.1) is 0 Å². The lowest BCUT2D eigenvalue weighted by Crippen LogP contribution is -2.03. The molecule has 3 nitrogen and oxygen atoms in total. The predicted molar refractivity (Wildman–Crippen MR) is 98.6 cm³/mol. The SMILES string of the molecule is COC(=O)c1cccc(COc2ccc(-c3cc(F)c(F)cc3C)cc2)c1. The fourth-order valence-electron chi connectivity index (χ4n) is 2.76. The van der Waals surface area contributed by atoms with Crippen molar-refractivity contribution in [3.8, 4) is 16.9 Å². The average molecular weight is 368 g/mol. The molecule has 0 unspecified atom stereocenters. The van der Waals surface area contributed by atoms with E-state index < -0.39 is 17.6 Å². The van der Waals surface area contributed by atoms with Crippen LogP contribution in [0.4, 0.5) is 8.78 Å². The second-order valence-corrected chi connectivity index (χ2v) is 6.09. The van der Waals surface area contributed by atoms with Crippen LogP contribution in [0.1, 0.15) is 21.5 Å². The van der Waals surface area contributed by atoms with Crippen LogP contribution in [0.25, 0.3) is 11.1 Å². The number of carbonyl (C=O) groups is 1. The average Bonchev–Trinajstić information content (AvgIpc) is 2.69. The molecule has 5 heteroatoms. The van der Waals surface area contributed by atoms with E-state index in [0.29, 0.717) is 22.4 Å². The summed E-state index contributed by atoms with van der Waals surface area (Å²) in [4.78, 5) is 11.6. The number of ether oxygens (including phenoxy) is 2. The minimum Gasteiger partial charge on any atom is -0.489 e. The first-order valence-electron chi connectivity index (χ1n) is 8.34. The summed E-state index contributed by atoms with van der Waals surface area (Å²) in [6, 6.07) is 16.5. The summed E-state index contributed by atoms with van der Waals surface area (Å²) < 4.78 is 37.2. The Balaban J connectivity index is 1.72. The molecule has 0 amide bonds. The van der Waals surface area contributed by atoms with Gasteiger partial charge in [0.05, 0.1) is 12.7 Å². The molecule has 0 bridgehead atoms. The summed E-state index contributed by atoms with van der Waals surface area (Å²) in [6.07, 6.45) is 0. The fraction of sp³-hybridized carbons (Fsp3) is 0.136. The number of esters is 1. The molecule has 0 aliphatic rings. The lowest BCUT2D eigenvalue weighted by atomic mass is 10.0. The summed E-state index contributed by atoms with van der Waals surface area (Å²) in [5.74, 6) is -1.50. The summed E-state index contributed by atoms with van der Waals surface area (Å²) in [5.41, 5.74) is 3.35. The standard InChI is InChI=1S/C22H18F2O3/c1-14-10-20(23)21(24)12-19(14)16-6-8-18(9-7-16)27-13-15-4-3-5-17(11-15)22(25)26-2/h3-12H,13H2,1-2H3. The maximum absolute atomic E-state index is 13.5. The van der Waals surface area contributed by atoms with Gasteiger partial charge in [-0.3, -0.25) is 0 Å². The molecule has 0 saturated carbocycles. The zero-order valence-electron chi connectivity index (χ0n) is 15.0. The molecule has 0 heterocycles. The smallest absolute Gasteiger partial charge is 0.337 e. The van der Waals surface area contributed by atoms with E-state index in [1.807, 2.05) is 6.07 Å². The molecular weight excluding hydrogens is 350 g/mol. The lowest BCUT2D eigenvalue weighted by molar-refractivity contribution is 0.0600. The molecule has 3 rings (SSSR count). The van der Waals surface area contributed by atoms with E-state index in [1.165, 1.54) is 19.2 Å². The van der Waals surface area contributed by atoms with Crippen LogP contribution in [0.15, 0.2) is 60.7 Å². The monoisotopic (exact) mass is 368 g/mol. The Morgan fingerprint density at radius 3 is 2.37 bits per heavy atom. The van der Waals surface area contributed by atoms with Crippen molar-refractivity contribution in [2.75, 3.05) is 7.11 Å². The van der Waals surface area contributed by atoms with Crippen LogP contribution in [-0.4, -0.2) is 13.1 Å². The highest BCUT2D eigenvalue weighted by Gasteiger charge is 2.09. The van der Waals surface area contributed by atoms with Crippen molar-refractivity contribution in [3.05, 3.63) is 89.0 Å². The first kappa shape index (κ1) is 18.6. The molecular formula is C22H18F2O3. The van der Waals surface area contributed by atoms with Gasteiger partial charge in [0.15, 0.2) is 11.6 Å². The van der Waals surface area contributed by atoms with Gasteiger partial charge in [0, 0.05) is 0 Å². The van der Waals surface area contributed by atoms with Crippen molar-refractivity contribution in [1.29, 1.82) is 0 Å². The van der Waals surface area contributed by atoms with E-state index in [0.717, 1.165) is 11.1 Å². The topological polar surface area (TPSA) is 35.5 Å². The number of hydrogen-bond donors (Lipinski definition) is 0. The Labute approximate surface area is 156 Å². The van der Waals surface area contributed by atoms with Gasteiger partial charge in [-0.2, -0.15) is 0 Å². The summed E-state index contributed by atoms with van der Waals surface area (Å²) in [7, 11) is 1.34. The minimum atomic E-state index is -0.874. The van der Waals surface area contributed by atoms with Crippen molar-refractivity contribution in [2.24, 2.45) is 0 Å². The molecule has 138 valence electrons. The predicted octanol–water partition coefficient (Wildman–Crippen LogP) is 5.31. The summed E-state index contributed by atoms with van der Waals surface area (Å²) in [5, 5.41) is 0. The molecule has 0 saturated heterocycles. The highest BCUT2D eigenvalue weighted by Crippen LogP contribution is 2.27. The van der Waals surface area contributed by atoms with Crippen LogP contribution in [0.3, 0.4) is 0 Å². The molecule has 0 N–H and O–H groups in total. The van der Waals surface area contributed by atoms with Crippen LogP contribution >= 0.6 is 0 Å². The number of carbonyl (C=O) groups excluding carboxylic acids is 1. The van der Waals surface area contributed by atoms with Gasteiger partial charge < -0.3 is 9.47 Å². The van der Waals surface area contributed by atoms with Crippen LogP contribution in [0.5, 0.6) is 5.75 Å². The van der Waals surface area contributed by atoms with E-state index in [4.69, 9.17) is 9.47 Å². The summed E-state index contributed by atoms with van der Waals surface area (Å²) in [6.45, 7) is 2.02. The maximum atomic E-state index is 13.5. The maximum Gasteiger partial charge on any atom is 0.337 e. The van der Waals surface area contributed by atoms with Crippen LogP contribution < -0.4 is 4.74 Å². The van der Waals surface area contributed by atoms with Crippen molar-refractivity contribution < 1.29 is 23.0 Å². The fourth-order valence-corrected chi connectivity index (χ4v) is 2.76. The number of rotatable bonds is 5. The van der Waals surface area contributed by atoms with E-state index in [9.17, 15) is 13.6 Å². The third-order valence-corrected chi connectivity index (χ3v) is 4.19. The summed E-state index contributed by atoms with van der Waals surface area (Å²) >= 11 is 0. The van der Waals surface area contributed by atoms with E-state index >= 15 is 0 Å². The normalized spacial score (nSPS) is 10.5. The first-order valence-corrected chi connectivity index (χ1v) is 8.34. The molecule has 27 heavy (non-hydrogen) atoms. The number of aryl methyl sites for hydroxylation is 1. The Bertz CT molecular complexity index is 966. The Morgan fingerprint density at radius 1 is 0.963 bits per heavy atom. The van der Waals surface area contributed by atoms with Gasteiger partial charge in [0.25, 0.3) is 0 Å². The van der Waals surface area contributed by atoms with Gasteiger partial charge in [-0.1, -0.05) is 24.3 Å². The van der Waals surface area contributed by atoms with Gasteiger partial charge in [-0.05, 0) is 65.6 Å². The molecule has 0 aromatic heterocycles. The van der Waals surface area contributed by atoms with Crippen molar-refractivity contribution in [1.82, 2.24) is 0 Å². The number of halogens is 2. The quantitative estimate of drug-likeness (QED) is 0.573. The van der Waals surface area contributed by atoms with Crippen LogP contribution in [-0.2, 0) is 11.3 Å². The highest BCUT2D eigenvalue weighted by molar-refractivity contribution is 5.89. The highest BCUT2D eigenvalue weighted by atomic mass is 19.2. The Hall–Kier alpha value is -3.21. The first-order chi connectivity index (χ1) is 13.0. The zero-order chi connectivity index (χ0) is 19.4. The van der Waals surface area contributed by atoms with Crippen molar-refractivity contribution >= 4 is 5.97 Å². The van der Waals surface area contributed by atoms with Crippen molar-refractivity contribution in [3.63, 3.8) is 0 Å². The van der Waals surface area contributed by atoms with E-state index in [2.05, 4.69) is 0 Å². The second kappa shape index (κ2) is 7.99. The largest absolute Gasteiger partial charge is 0.489 e. The molecule has 3 aromatic rings. The van der Waals surface area contributed by atoms with Gasteiger partial charge >= 0.3 is 5.97 Å². The number of methoxy groups -OCH3 is 1. The molecule has 0 aliphatic carbocycles. The third-order valence-electron chi connectivity index (χ3n) is 4.19. The zero-order valence-corrected chi connectivity index (χ0v) is 15.0. The van der Waals surface area contributed by atoms with Gasteiger partial charge in [0.2, 0.25) is 0 Å². The molecule has 0 spiro atoms.